The van der Waals surface area contributed by atoms with Gasteiger partial charge in [0, 0.05) is 24.7 Å². The number of rotatable bonds is 7. The smallest absolute Gasteiger partial charge is 0.150 e. The van der Waals surface area contributed by atoms with Crippen molar-refractivity contribution in [2.75, 3.05) is 6.26 Å². The lowest BCUT2D eigenvalue weighted by Gasteiger charge is -2.13. The van der Waals surface area contributed by atoms with E-state index in [9.17, 15) is 22.3 Å². The lowest BCUT2D eigenvalue weighted by atomic mass is 9.97. The zero-order chi connectivity index (χ0) is 22.1. The fourth-order valence-corrected chi connectivity index (χ4v) is 4.00. The second-order valence-electron chi connectivity index (χ2n) is 7.91. The number of hydrogen-bond acceptors (Lipinski definition) is 5. The SMILES string of the molecule is CC(C[C@H]1CC(c2cc(F)c(-c3ccc(C[C@@H](C)O)cc3)c(F)c2)=NO1)S(C)(=O)=O. The van der Waals surface area contributed by atoms with E-state index in [0.717, 1.165) is 11.8 Å². The monoisotopic (exact) mass is 437 g/mol. The van der Waals surface area contributed by atoms with Crippen molar-refractivity contribution in [1.29, 1.82) is 0 Å². The summed E-state index contributed by atoms with van der Waals surface area (Å²) in [6.45, 7) is 3.27. The fraction of sp³-hybridized carbons (Fsp3) is 0.409. The number of sulfone groups is 1. The van der Waals surface area contributed by atoms with Crippen molar-refractivity contribution < 1.29 is 27.1 Å². The molecule has 30 heavy (non-hydrogen) atoms. The van der Waals surface area contributed by atoms with E-state index in [1.807, 2.05) is 0 Å². The van der Waals surface area contributed by atoms with Crippen LogP contribution in [-0.2, 0) is 21.1 Å². The molecule has 0 amide bonds. The Bertz CT molecular complexity index is 1030. The third kappa shape index (κ3) is 5.23. The molecule has 2 aromatic rings. The van der Waals surface area contributed by atoms with Crippen molar-refractivity contribution in [3.8, 4) is 11.1 Å². The van der Waals surface area contributed by atoms with Crippen molar-refractivity contribution in [2.24, 2.45) is 5.16 Å². The molecule has 1 unspecified atom stereocenters. The Labute approximate surface area is 175 Å². The average Bonchev–Trinajstić information content (AvgIpc) is 3.10. The maximum absolute atomic E-state index is 14.8. The largest absolute Gasteiger partial charge is 0.393 e. The molecule has 3 rings (SSSR count). The Kier molecular flexibility index (Phi) is 6.57. The van der Waals surface area contributed by atoms with Crippen LogP contribution in [0.4, 0.5) is 8.78 Å². The minimum atomic E-state index is -3.20. The van der Waals surface area contributed by atoms with Crippen molar-refractivity contribution >= 4 is 15.5 Å². The third-order valence-electron chi connectivity index (χ3n) is 5.21. The van der Waals surface area contributed by atoms with Crippen LogP contribution in [0, 0.1) is 11.6 Å². The second-order valence-corrected chi connectivity index (χ2v) is 10.4. The van der Waals surface area contributed by atoms with Crippen LogP contribution in [0.15, 0.2) is 41.6 Å². The van der Waals surface area contributed by atoms with Gasteiger partial charge in [-0.15, -0.1) is 0 Å². The zero-order valence-electron chi connectivity index (χ0n) is 17.1. The van der Waals surface area contributed by atoms with Gasteiger partial charge in [0.15, 0.2) is 0 Å². The van der Waals surface area contributed by atoms with Crippen LogP contribution in [0.3, 0.4) is 0 Å². The quantitative estimate of drug-likeness (QED) is 0.714. The van der Waals surface area contributed by atoms with E-state index in [1.54, 1.807) is 38.1 Å². The van der Waals surface area contributed by atoms with Crippen LogP contribution < -0.4 is 0 Å². The topological polar surface area (TPSA) is 76.0 Å². The molecule has 2 aromatic carbocycles. The van der Waals surface area contributed by atoms with Crippen molar-refractivity contribution in [1.82, 2.24) is 0 Å². The fourth-order valence-electron chi connectivity index (χ4n) is 3.43. The summed E-state index contributed by atoms with van der Waals surface area (Å²) in [7, 11) is -3.20. The summed E-state index contributed by atoms with van der Waals surface area (Å²) in [4.78, 5) is 5.28. The molecule has 162 valence electrons. The van der Waals surface area contributed by atoms with Crippen LogP contribution in [0.2, 0.25) is 0 Å². The molecule has 1 N–H and O–H groups in total. The van der Waals surface area contributed by atoms with Gasteiger partial charge >= 0.3 is 0 Å². The highest BCUT2D eigenvalue weighted by atomic mass is 32.2. The Morgan fingerprint density at radius 3 is 2.27 bits per heavy atom. The molecule has 0 bridgehead atoms. The molecule has 1 heterocycles. The van der Waals surface area contributed by atoms with E-state index < -0.39 is 38.9 Å². The molecule has 0 saturated heterocycles. The predicted molar refractivity (Wildman–Crippen MR) is 112 cm³/mol. The minimum absolute atomic E-state index is 0.135. The molecular weight excluding hydrogens is 412 g/mol. The lowest BCUT2D eigenvalue weighted by molar-refractivity contribution is 0.0792. The summed E-state index contributed by atoms with van der Waals surface area (Å²) < 4.78 is 52.7. The molecule has 1 aliphatic rings. The number of halogens is 2. The first-order chi connectivity index (χ1) is 14.0. The first kappa shape index (κ1) is 22.4. The van der Waals surface area contributed by atoms with E-state index in [1.165, 1.54) is 12.1 Å². The van der Waals surface area contributed by atoms with Gasteiger partial charge in [-0.2, -0.15) is 0 Å². The molecule has 0 spiro atoms. The highest BCUT2D eigenvalue weighted by Gasteiger charge is 2.28. The average molecular weight is 438 g/mol. The molecule has 5 nitrogen and oxygen atoms in total. The highest BCUT2D eigenvalue weighted by molar-refractivity contribution is 7.91. The molecule has 1 aliphatic heterocycles. The van der Waals surface area contributed by atoms with Gasteiger partial charge in [0.1, 0.15) is 27.6 Å². The summed E-state index contributed by atoms with van der Waals surface area (Å²) >= 11 is 0. The van der Waals surface area contributed by atoms with Gasteiger partial charge < -0.3 is 9.94 Å². The van der Waals surface area contributed by atoms with E-state index >= 15 is 0 Å². The molecule has 0 radical (unpaired) electrons. The summed E-state index contributed by atoms with van der Waals surface area (Å²) in [6, 6.07) is 9.14. The van der Waals surface area contributed by atoms with Gasteiger partial charge in [0.25, 0.3) is 0 Å². The zero-order valence-corrected chi connectivity index (χ0v) is 17.9. The van der Waals surface area contributed by atoms with E-state index in [2.05, 4.69) is 5.16 Å². The maximum Gasteiger partial charge on any atom is 0.150 e. The van der Waals surface area contributed by atoms with E-state index in [4.69, 9.17) is 4.84 Å². The van der Waals surface area contributed by atoms with E-state index in [0.29, 0.717) is 17.7 Å². The Balaban J connectivity index is 1.77. The molecule has 0 saturated carbocycles. The standard InChI is InChI=1S/C22H25F2NO4S/c1-13(26)8-15-4-6-16(7-5-15)22-19(23)10-17(11-20(22)24)21-12-18(29-25-21)9-14(2)30(3,27)28/h4-7,10-11,13-14,18,26H,8-9,12H2,1-3H3/t13-,14?,18+/m1/s1. The molecule has 0 aliphatic carbocycles. The summed E-state index contributed by atoms with van der Waals surface area (Å²) in [5.74, 6) is -1.44. The van der Waals surface area contributed by atoms with E-state index in [-0.39, 0.29) is 24.0 Å². The van der Waals surface area contributed by atoms with Gasteiger partial charge in [0.2, 0.25) is 0 Å². The van der Waals surface area contributed by atoms with Crippen LogP contribution in [-0.4, -0.2) is 42.9 Å². The number of benzene rings is 2. The number of aliphatic hydroxyl groups excluding tert-OH is 1. The second kappa shape index (κ2) is 8.81. The van der Waals surface area contributed by atoms with Crippen LogP contribution in [0.5, 0.6) is 0 Å². The van der Waals surface area contributed by atoms with Gasteiger partial charge in [0.05, 0.1) is 22.6 Å². The van der Waals surface area contributed by atoms with Crippen LogP contribution in [0.25, 0.3) is 11.1 Å². The summed E-state index contributed by atoms with van der Waals surface area (Å²) in [5, 5.41) is 12.8. The van der Waals surface area contributed by atoms with Crippen LogP contribution >= 0.6 is 0 Å². The van der Waals surface area contributed by atoms with Gasteiger partial charge in [-0.05, 0) is 43.5 Å². The summed E-state index contributed by atoms with van der Waals surface area (Å²) in [5.41, 5.74) is 1.80. The number of aliphatic hydroxyl groups is 1. The molecular formula is C22H25F2NO4S. The van der Waals surface area contributed by atoms with Gasteiger partial charge in [-0.25, -0.2) is 17.2 Å². The molecule has 0 fully saturated rings. The van der Waals surface area contributed by atoms with Crippen molar-refractivity contribution in [3.63, 3.8) is 0 Å². The Hall–Kier alpha value is -2.32. The molecule has 8 heteroatoms. The van der Waals surface area contributed by atoms with Crippen LogP contribution in [0.1, 0.15) is 37.8 Å². The highest BCUT2D eigenvalue weighted by Crippen LogP contribution is 2.30. The maximum atomic E-state index is 14.8. The number of oxime groups is 1. The number of nitrogens with zero attached hydrogens (tertiary/aromatic N) is 1. The predicted octanol–water partition coefficient (Wildman–Crippen LogP) is 3.87. The normalized spacial score (nSPS) is 18.6. The van der Waals surface area contributed by atoms with Gasteiger partial charge in [-0.1, -0.05) is 29.4 Å². The Morgan fingerprint density at radius 2 is 1.73 bits per heavy atom. The number of hydrogen-bond donors (Lipinski definition) is 1. The van der Waals surface area contributed by atoms with Crippen molar-refractivity contribution in [3.05, 3.63) is 59.2 Å². The lowest BCUT2D eigenvalue weighted by Crippen LogP contribution is -2.23. The third-order valence-corrected chi connectivity index (χ3v) is 6.86. The molecule has 0 aromatic heterocycles. The summed E-state index contributed by atoms with van der Waals surface area (Å²) in [6.07, 6.45) is 1.22. The molecule has 3 atom stereocenters. The first-order valence-electron chi connectivity index (χ1n) is 9.73. The van der Waals surface area contributed by atoms with Crippen molar-refractivity contribution in [2.45, 2.75) is 50.6 Å². The van der Waals surface area contributed by atoms with Gasteiger partial charge in [-0.3, -0.25) is 0 Å². The Morgan fingerprint density at radius 1 is 1.13 bits per heavy atom. The first-order valence-corrected chi connectivity index (χ1v) is 11.7. The minimum Gasteiger partial charge on any atom is -0.393 e.